The van der Waals surface area contributed by atoms with Gasteiger partial charge < -0.3 is 10.0 Å². The molecule has 4 nitrogen and oxygen atoms in total. The molecule has 0 bridgehead atoms. The van der Waals surface area contributed by atoms with Crippen molar-refractivity contribution in [2.75, 3.05) is 0 Å². The third kappa shape index (κ3) is 5.87. The maximum Gasteiger partial charge on any atom is 0.303 e. The largest absolute Gasteiger partial charge is 0.481 e. The van der Waals surface area contributed by atoms with Crippen molar-refractivity contribution in [3.05, 3.63) is 22.4 Å². The lowest BCUT2D eigenvalue weighted by atomic mass is 10.1. The van der Waals surface area contributed by atoms with E-state index in [1.807, 2.05) is 36.3 Å². The molecule has 0 aliphatic carbocycles. The van der Waals surface area contributed by atoms with Crippen LogP contribution >= 0.6 is 11.3 Å². The van der Waals surface area contributed by atoms with E-state index in [9.17, 15) is 9.59 Å². The summed E-state index contributed by atoms with van der Waals surface area (Å²) in [7, 11) is 0. The SMILES string of the molecule is CC(C)N(Cc1cccs1)C(=O)CCCCC(=O)O. The normalized spacial score (nSPS) is 10.7. The number of rotatable bonds is 8. The molecule has 0 saturated heterocycles. The monoisotopic (exact) mass is 283 g/mol. The second kappa shape index (κ2) is 7.94. The van der Waals surface area contributed by atoms with Gasteiger partial charge in [0, 0.05) is 23.8 Å². The van der Waals surface area contributed by atoms with Crippen LogP contribution in [0.2, 0.25) is 0 Å². The summed E-state index contributed by atoms with van der Waals surface area (Å²) >= 11 is 1.65. The molecule has 1 rings (SSSR count). The van der Waals surface area contributed by atoms with Gasteiger partial charge in [0.1, 0.15) is 0 Å². The Hall–Kier alpha value is -1.36. The minimum atomic E-state index is -0.799. The fraction of sp³-hybridized carbons (Fsp3) is 0.571. The predicted molar refractivity (Wildman–Crippen MR) is 76.1 cm³/mol. The summed E-state index contributed by atoms with van der Waals surface area (Å²) in [6.07, 6.45) is 1.77. The van der Waals surface area contributed by atoms with E-state index in [2.05, 4.69) is 0 Å². The van der Waals surface area contributed by atoms with Gasteiger partial charge in [-0.25, -0.2) is 0 Å². The Morgan fingerprint density at radius 2 is 2.00 bits per heavy atom. The first-order valence-electron chi connectivity index (χ1n) is 6.54. The average molecular weight is 283 g/mol. The molecule has 1 aromatic heterocycles. The lowest BCUT2D eigenvalue weighted by Gasteiger charge is -2.26. The topological polar surface area (TPSA) is 57.6 Å². The molecule has 0 aliphatic heterocycles. The number of aliphatic carboxylic acids is 1. The van der Waals surface area contributed by atoms with Gasteiger partial charge in [0.2, 0.25) is 5.91 Å². The van der Waals surface area contributed by atoms with E-state index in [1.165, 1.54) is 4.88 Å². The summed E-state index contributed by atoms with van der Waals surface area (Å²) in [5.74, 6) is -0.694. The van der Waals surface area contributed by atoms with Gasteiger partial charge in [-0.1, -0.05) is 6.07 Å². The van der Waals surface area contributed by atoms with Crippen LogP contribution in [0.5, 0.6) is 0 Å². The van der Waals surface area contributed by atoms with Crippen molar-refractivity contribution in [2.45, 2.75) is 52.1 Å². The van der Waals surface area contributed by atoms with E-state index in [1.54, 1.807) is 11.3 Å². The van der Waals surface area contributed by atoms with Crippen LogP contribution in [0.3, 0.4) is 0 Å². The predicted octanol–water partition coefficient (Wildman–Crippen LogP) is 3.13. The second-order valence-electron chi connectivity index (χ2n) is 4.80. The van der Waals surface area contributed by atoms with Gasteiger partial charge in [-0.15, -0.1) is 11.3 Å². The molecule has 1 aromatic rings. The zero-order valence-electron chi connectivity index (χ0n) is 11.5. The molecule has 19 heavy (non-hydrogen) atoms. The quantitative estimate of drug-likeness (QED) is 0.746. The number of hydrogen-bond donors (Lipinski definition) is 1. The lowest BCUT2D eigenvalue weighted by Crippen LogP contribution is -2.36. The van der Waals surface area contributed by atoms with Crippen LogP contribution in [-0.2, 0) is 16.1 Å². The number of hydrogen-bond acceptors (Lipinski definition) is 3. The van der Waals surface area contributed by atoms with E-state index in [0.29, 0.717) is 25.8 Å². The zero-order chi connectivity index (χ0) is 14.3. The van der Waals surface area contributed by atoms with Crippen LogP contribution in [-0.4, -0.2) is 27.9 Å². The molecule has 5 heteroatoms. The van der Waals surface area contributed by atoms with Crippen molar-refractivity contribution in [3.8, 4) is 0 Å². The van der Waals surface area contributed by atoms with Crippen molar-refractivity contribution in [1.82, 2.24) is 4.90 Å². The Labute approximate surface area is 118 Å². The molecule has 0 atom stereocenters. The third-order valence-electron chi connectivity index (χ3n) is 2.88. The van der Waals surface area contributed by atoms with Crippen LogP contribution < -0.4 is 0 Å². The van der Waals surface area contributed by atoms with Crippen molar-refractivity contribution >= 4 is 23.2 Å². The van der Waals surface area contributed by atoms with Crippen LogP contribution in [0, 0.1) is 0 Å². The molecule has 0 spiro atoms. The molecule has 0 aromatic carbocycles. The standard InChI is InChI=1S/C14H21NO3S/c1-11(2)15(10-12-6-5-9-19-12)13(16)7-3-4-8-14(17)18/h5-6,9,11H,3-4,7-8,10H2,1-2H3,(H,17,18). The first-order valence-corrected chi connectivity index (χ1v) is 7.42. The Morgan fingerprint density at radius 3 is 2.53 bits per heavy atom. The van der Waals surface area contributed by atoms with Crippen LogP contribution in [0.15, 0.2) is 17.5 Å². The van der Waals surface area contributed by atoms with Crippen molar-refractivity contribution < 1.29 is 14.7 Å². The Morgan fingerprint density at radius 1 is 1.32 bits per heavy atom. The highest BCUT2D eigenvalue weighted by atomic mass is 32.1. The third-order valence-corrected chi connectivity index (χ3v) is 3.74. The Balaban J connectivity index is 2.42. The lowest BCUT2D eigenvalue weighted by molar-refractivity contribution is -0.138. The summed E-state index contributed by atoms with van der Waals surface area (Å²) < 4.78 is 0. The molecule has 0 saturated carbocycles. The number of carboxylic acids is 1. The Kier molecular flexibility index (Phi) is 6.56. The minimum Gasteiger partial charge on any atom is -0.481 e. The number of carbonyl (C=O) groups is 2. The second-order valence-corrected chi connectivity index (χ2v) is 5.83. The number of thiophene rings is 1. The molecule has 1 N–H and O–H groups in total. The minimum absolute atomic E-state index is 0.105. The fourth-order valence-corrected chi connectivity index (χ4v) is 2.53. The van der Waals surface area contributed by atoms with E-state index in [-0.39, 0.29) is 18.4 Å². The van der Waals surface area contributed by atoms with Gasteiger partial charge in [-0.05, 0) is 38.1 Å². The molecular formula is C14H21NO3S. The van der Waals surface area contributed by atoms with Crippen molar-refractivity contribution in [3.63, 3.8) is 0 Å². The van der Waals surface area contributed by atoms with Crippen molar-refractivity contribution in [1.29, 1.82) is 0 Å². The summed E-state index contributed by atoms with van der Waals surface area (Å²) in [6, 6.07) is 4.17. The van der Waals surface area contributed by atoms with E-state index >= 15 is 0 Å². The molecule has 0 fully saturated rings. The molecule has 0 aliphatic rings. The molecule has 0 unspecified atom stereocenters. The van der Waals surface area contributed by atoms with Gasteiger partial charge in [0.15, 0.2) is 0 Å². The van der Waals surface area contributed by atoms with Gasteiger partial charge >= 0.3 is 5.97 Å². The number of carboxylic acid groups (broad SMARTS) is 1. The van der Waals surface area contributed by atoms with E-state index < -0.39 is 5.97 Å². The first-order chi connectivity index (χ1) is 9.00. The highest BCUT2D eigenvalue weighted by Gasteiger charge is 2.17. The van der Waals surface area contributed by atoms with E-state index in [4.69, 9.17) is 5.11 Å². The molecule has 1 amide bonds. The zero-order valence-corrected chi connectivity index (χ0v) is 12.3. The summed E-state index contributed by atoms with van der Waals surface area (Å²) in [4.78, 5) is 25.6. The number of carbonyl (C=O) groups excluding carboxylic acids is 1. The maximum absolute atomic E-state index is 12.1. The van der Waals surface area contributed by atoms with Crippen LogP contribution in [0.4, 0.5) is 0 Å². The highest BCUT2D eigenvalue weighted by molar-refractivity contribution is 7.09. The number of nitrogens with zero attached hydrogens (tertiary/aromatic N) is 1. The van der Waals surface area contributed by atoms with Gasteiger partial charge in [0.25, 0.3) is 0 Å². The average Bonchev–Trinajstić information content (AvgIpc) is 2.83. The summed E-state index contributed by atoms with van der Waals surface area (Å²) in [5, 5.41) is 10.6. The van der Waals surface area contributed by atoms with Gasteiger partial charge in [-0.3, -0.25) is 9.59 Å². The maximum atomic E-state index is 12.1. The van der Waals surface area contributed by atoms with E-state index in [0.717, 1.165) is 0 Å². The van der Waals surface area contributed by atoms with Crippen molar-refractivity contribution in [2.24, 2.45) is 0 Å². The molecular weight excluding hydrogens is 262 g/mol. The van der Waals surface area contributed by atoms with Gasteiger partial charge in [-0.2, -0.15) is 0 Å². The first kappa shape index (κ1) is 15.7. The van der Waals surface area contributed by atoms with Crippen LogP contribution in [0.25, 0.3) is 0 Å². The fourth-order valence-electron chi connectivity index (χ4n) is 1.83. The molecule has 0 radical (unpaired) electrons. The Bertz CT molecular complexity index is 401. The summed E-state index contributed by atoms with van der Waals surface area (Å²) in [5.41, 5.74) is 0. The number of unbranched alkanes of at least 4 members (excludes halogenated alkanes) is 1. The molecule has 106 valence electrons. The summed E-state index contributed by atoms with van der Waals surface area (Å²) in [6.45, 7) is 4.65. The smallest absolute Gasteiger partial charge is 0.303 e. The molecule has 1 heterocycles. The number of amides is 1. The van der Waals surface area contributed by atoms with Crippen LogP contribution in [0.1, 0.15) is 44.4 Å². The van der Waals surface area contributed by atoms with Gasteiger partial charge in [0.05, 0.1) is 6.54 Å². The highest BCUT2D eigenvalue weighted by Crippen LogP contribution is 2.15.